The summed E-state index contributed by atoms with van der Waals surface area (Å²) in [6, 6.07) is 3.03. The number of aliphatic hydroxyl groups is 2. The summed E-state index contributed by atoms with van der Waals surface area (Å²) in [5.41, 5.74) is 0.862. The second kappa shape index (κ2) is 6.35. The number of ether oxygens (including phenoxy) is 4. The highest BCUT2D eigenvalue weighted by molar-refractivity contribution is 5.72. The molecule has 0 amide bonds. The molecular formula is C18H18O7. The highest BCUT2D eigenvalue weighted by atomic mass is 16.5. The van der Waals surface area contributed by atoms with Crippen molar-refractivity contribution in [2.75, 3.05) is 21.3 Å². The van der Waals surface area contributed by atoms with Gasteiger partial charge in [0.25, 0.3) is 0 Å². The smallest absolute Gasteiger partial charge is 0.200 e. The summed E-state index contributed by atoms with van der Waals surface area (Å²) in [5, 5.41) is 30.4. The van der Waals surface area contributed by atoms with E-state index in [1.165, 1.54) is 45.6 Å². The fourth-order valence-electron chi connectivity index (χ4n) is 2.67. The molecule has 0 fully saturated rings. The van der Waals surface area contributed by atoms with E-state index in [4.69, 9.17) is 18.9 Å². The topological polar surface area (TPSA) is 97.6 Å². The van der Waals surface area contributed by atoms with Gasteiger partial charge in [-0.15, -0.1) is 0 Å². The van der Waals surface area contributed by atoms with E-state index >= 15 is 0 Å². The molecule has 0 bridgehead atoms. The zero-order chi connectivity index (χ0) is 18.1. The van der Waals surface area contributed by atoms with E-state index in [2.05, 4.69) is 0 Å². The second-order valence-electron chi connectivity index (χ2n) is 5.38. The van der Waals surface area contributed by atoms with Crippen LogP contribution in [-0.4, -0.2) is 42.8 Å². The van der Waals surface area contributed by atoms with Gasteiger partial charge in [0.15, 0.2) is 23.0 Å². The van der Waals surface area contributed by atoms with Gasteiger partial charge in [-0.2, -0.15) is 0 Å². The molecule has 0 saturated carbocycles. The van der Waals surface area contributed by atoms with E-state index in [1.807, 2.05) is 0 Å². The quantitative estimate of drug-likeness (QED) is 0.771. The van der Waals surface area contributed by atoms with Gasteiger partial charge in [0.1, 0.15) is 17.6 Å². The average molecular weight is 346 g/mol. The molecule has 1 aliphatic carbocycles. The predicted octanol–water partition coefficient (Wildman–Crippen LogP) is 2.95. The number of allylic oxidation sites excluding steroid dienone is 2. The number of fused-ring (bicyclic) bond motifs is 1. The minimum Gasteiger partial charge on any atom is -0.507 e. The van der Waals surface area contributed by atoms with Crippen LogP contribution in [0.5, 0.6) is 17.2 Å². The molecule has 0 aromatic heterocycles. The number of hydrogen-bond acceptors (Lipinski definition) is 7. The van der Waals surface area contributed by atoms with Crippen LogP contribution in [0, 0.1) is 0 Å². The van der Waals surface area contributed by atoms with Gasteiger partial charge in [-0.25, -0.2) is 0 Å². The Bertz CT molecular complexity index is 805. The number of benzene rings is 1. The molecule has 1 aromatic rings. The summed E-state index contributed by atoms with van der Waals surface area (Å²) in [6.07, 6.45) is 3.91. The molecule has 0 spiro atoms. The maximum atomic E-state index is 10.3. The van der Waals surface area contributed by atoms with Crippen LogP contribution in [0.4, 0.5) is 0 Å². The standard InChI is InChI=1S/C18H18O7/c1-22-10-6-12(19)11-8-13(20)18(25-14(11)7-10)9-4-15(23-2)17(21)16(5-9)24-3/h4-8,14,19-21H,1-3H3. The van der Waals surface area contributed by atoms with Crippen molar-refractivity contribution in [1.29, 1.82) is 0 Å². The summed E-state index contributed by atoms with van der Waals surface area (Å²) in [5.74, 6) is 0.583. The van der Waals surface area contributed by atoms with Crippen molar-refractivity contribution in [3.63, 3.8) is 0 Å². The van der Waals surface area contributed by atoms with Crippen LogP contribution in [0.25, 0.3) is 5.76 Å². The van der Waals surface area contributed by atoms with Crippen molar-refractivity contribution in [3.8, 4) is 17.2 Å². The van der Waals surface area contributed by atoms with Crippen molar-refractivity contribution in [2.24, 2.45) is 0 Å². The highest BCUT2D eigenvalue weighted by Gasteiger charge is 2.30. The number of aliphatic hydroxyl groups excluding tert-OH is 2. The Hall–Kier alpha value is -3.22. The first kappa shape index (κ1) is 16.6. The van der Waals surface area contributed by atoms with Gasteiger partial charge in [-0.1, -0.05) is 0 Å². The number of phenolic OH excluding ortho intramolecular Hbond substituents is 1. The molecular weight excluding hydrogens is 328 g/mol. The summed E-state index contributed by atoms with van der Waals surface area (Å²) < 4.78 is 21.2. The average Bonchev–Trinajstić information content (AvgIpc) is 2.62. The number of methoxy groups -OCH3 is 3. The number of aromatic hydroxyl groups is 1. The van der Waals surface area contributed by atoms with E-state index < -0.39 is 6.10 Å². The van der Waals surface area contributed by atoms with Crippen LogP contribution >= 0.6 is 0 Å². The molecule has 132 valence electrons. The first-order valence-corrected chi connectivity index (χ1v) is 7.42. The molecule has 1 atom stereocenters. The Morgan fingerprint density at radius 3 is 2.12 bits per heavy atom. The van der Waals surface area contributed by atoms with Gasteiger partial charge in [0.05, 0.1) is 21.3 Å². The first-order valence-electron chi connectivity index (χ1n) is 7.42. The van der Waals surface area contributed by atoms with Crippen LogP contribution in [0.3, 0.4) is 0 Å². The number of rotatable bonds is 4. The van der Waals surface area contributed by atoms with Crippen LogP contribution < -0.4 is 9.47 Å². The van der Waals surface area contributed by atoms with Gasteiger partial charge >= 0.3 is 0 Å². The van der Waals surface area contributed by atoms with Gasteiger partial charge in [-0.3, -0.25) is 0 Å². The molecule has 0 radical (unpaired) electrons. The van der Waals surface area contributed by atoms with E-state index in [0.29, 0.717) is 16.9 Å². The normalized spacial score (nSPS) is 19.2. The van der Waals surface area contributed by atoms with E-state index in [9.17, 15) is 15.3 Å². The molecule has 3 rings (SSSR count). The molecule has 7 nitrogen and oxygen atoms in total. The summed E-state index contributed by atoms with van der Waals surface area (Å²) in [4.78, 5) is 0. The molecule has 7 heteroatoms. The maximum absolute atomic E-state index is 10.3. The van der Waals surface area contributed by atoms with E-state index in [-0.39, 0.29) is 34.5 Å². The maximum Gasteiger partial charge on any atom is 0.200 e. The lowest BCUT2D eigenvalue weighted by atomic mass is 9.97. The summed E-state index contributed by atoms with van der Waals surface area (Å²) >= 11 is 0. The van der Waals surface area contributed by atoms with Crippen LogP contribution in [0.1, 0.15) is 5.56 Å². The Morgan fingerprint density at radius 2 is 1.56 bits per heavy atom. The summed E-state index contributed by atoms with van der Waals surface area (Å²) in [7, 11) is 4.30. The second-order valence-corrected chi connectivity index (χ2v) is 5.38. The third-order valence-corrected chi connectivity index (χ3v) is 3.94. The molecule has 1 heterocycles. The molecule has 25 heavy (non-hydrogen) atoms. The molecule has 1 aliphatic heterocycles. The lowest BCUT2D eigenvalue weighted by Crippen LogP contribution is -2.22. The lowest BCUT2D eigenvalue weighted by molar-refractivity contribution is 0.200. The Kier molecular flexibility index (Phi) is 4.22. The third kappa shape index (κ3) is 2.84. The lowest BCUT2D eigenvalue weighted by Gasteiger charge is -2.28. The molecule has 3 N–H and O–H groups in total. The van der Waals surface area contributed by atoms with Crippen LogP contribution in [0.2, 0.25) is 0 Å². The van der Waals surface area contributed by atoms with Crippen LogP contribution in [0.15, 0.2) is 53.2 Å². The van der Waals surface area contributed by atoms with Gasteiger partial charge in [0, 0.05) is 23.3 Å². The monoisotopic (exact) mass is 346 g/mol. The third-order valence-electron chi connectivity index (χ3n) is 3.94. The minimum absolute atomic E-state index is 0.0455. The van der Waals surface area contributed by atoms with Crippen molar-refractivity contribution >= 4 is 5.76 Å². The van der Waals surface area contributed by atoms with Gasteiger partial charge < -0.3 is 34.3 Å². The van der Waals surface area contributed by atoms with Crippen LogP contribution in [-0.2, 0) is 9.47 Å². The zero-order valence-corrected chi connectivity index (χ0v) is 13.9. The van der Waals surface area contributed by atoms with E-state index in [0.717, 1.165) is 0 Å². The van der Waals surface area contributed by atoms with Gasteiger partial charge in [-0.05, 0) is 18.2 Å². The predicted molar refractivity (Wildman–Crippen MR) is 89.5 cm³/mol. The molecule has 0 saturated heterocycles. The Balaban J connectivity index is 2.08. The SMILES string of the molecule is COC1=CC2OC(c3cc(OC)c(O)c(OC)c3)=C(O)C=C2C(O)=C1. The fourth-order valence-corrected chi connectivity index (χ4v) is 2.67. The fraction of sp³-hybridized carbons (Fsp3) is 0.222. The minimum atomic E-state index is -0.628. The van der Waals surface area contributed by atoms with Crippen molar-refractivity contribution in [2.45, 2.75) is 6.10 Å². The largest absolute Gasteiger partial charge is 0.507 e. The number of hydrogen-bond donors (Lipinski definition) is 3. The van der Waals surface area contributed by atoms with Crippen molar-refractivity contribution < 1.29 is 34.3 Å². The molecule has 1 unspecified atom stereocenters. The zero-order valence-electron chi connectivity index (χ0n) is 13.9. The van der Waals surface area contributed by atoms with E-state index in [1.54, 1.807) is 6.08 Å². The van der Waals surface area contributed by atoms with Gasteiger partial charge in [0.2, 0.25) is 5.75 Å². The molecule has 2 aliphatic rings. The Labute approximate surface area is 144 Å². The first-order chi connectivity index (χ1) is 12.0. The van der Waals surface area contributed by atoms with Crippen molar-refractivity contribution in [1.82, 2.24) is 0 Å². The molecule has 1 aromatic carbocycles. The Morgan fingerprint density at radius 1 is 0.920 bits per heavy atom. The summed E-state index contributed by atoms with van der Waals surface area (Å²) in [6.45, 7) is 0. The highest BCUT2D eigenvalue weighted by Crippen LogP contribution is 2.42. The number of phenols is 1. The van der Waals surface area contributed by atoms with Crippen molar-refractivity contribution in [3.05, 3.63) is 58.8 Å².